The third kappa shape index (κ3) is 3.92. The molecule has 1 atom stereocenters. The van der Waals surface area contributed by atoms with Crippen LogP contribution in [0.5, 0.6) is 0 Å². The van der Waals surface area contributed by atoms with Crippen molar-refractivity contribution in [3.8, 4) is 0 Å². The Labute approximate surface area is 155 Å². The van der Waals surface area contributed by atoms with Crippen LogP contribution in [0.1, 0.15) is 44.7 Å². The van der Waals surface area contributed by atoms with Gasteiger partial charge < -0.3 is 4.90 Å². The fraction of sp³-hybridized carbons (Fsp3) is 0.737. The summed E-state index contributed by atoms with van der Waals surface area (Å²) in [5.74, 6) is 1.31. The highest BCUT2D eigenvalue weighted by atomic mass is 16.2. The molecule has 0 bridgehead atoms. The molecular weight excluding hydrogens is 330 g/mol. The first-order valence-corrected chi connectivity index (χ1v) is 9.85. The summed E-state index contributed by atoms with van der Waals surface area (Å²) in [7, 11) is 1.89. The molecule has 2 fully saturated rings. The molecule has 7 nitrogen and oxygen atoms in total. The van der Waals surface area contributed by atoms with Crippen molar-refractivity contribution in [2.45, 2.75) is 52.0 Å². The van der Waals surface area contributed by atoms with E-state index < -0.39 is 0 Å². The Morgan fingerprint density at radius 2 is 1.96 bits per heavy atom. The topological polar surface area (TPSA) is 61.7 Å². The van der Waals surface area contributed by atoms with Crippen LogP contribution in [0.15, 0.2) is 6.07 Å². The molecule has 2 amide bonds. The molecule has 0 spiro atoms. The number of carbonyl (C=O) groups excluding carboxylic acids is 2. The number of unbranched alkanes of at least 4 members (excludes halogenated alkanes) is 1. The Morgan fingerprint density at radius 1 is 1.23 bits per heavy atom. The van der Waals surface area contributed by atoms with Crippen molar-refractivity contribution in [2.75, 3.05) is 37.6 Å². The Bertz CT molecular complexity index is 648. The largest absolute Gasteiger partial charge is 0.340 e. The van der Waals surface area contributed by atoms with Gasteiger partial charge in [-0.1, -0.05) is 13.3 Å². The quantitative estimate of drug-likeness (QED) is 0.798. The minimum absolute atomic E-state index is 0.0770. The van der Waals surface area contributed by atoms with Crippen LogP contribution in [-0.4, -0.2) is 70.2 Å². The summed E-state index contributed by atoms with van der Waals surface area (Å²) < 4.78 is 1.79. The van der Waals surface area contributed by atoms with E-state index in [-0.39, 0.29) is 17.9 Å². The van der Waals surface area contributed by atoms with E-state index in [0.29, 0.717) is 6.42 Å². The number of rotatable bonds is 5. The fourth-order valence-corrected chi connectivity index (χ4v) is 4.04. The van der Waals surface area contributed by atoms with E-state index in [1.54, 1.807) is 4.68 Å². The third-order valence-corrected chi connectivity index (χ3v) is 5.52. The van der Waals surface area contributed by atoms with Gasteiger partial charge in [0, 0.05) is 52.3 Å². The standard InChI is InChI=1S/C19H31N5O2/c1-4-5-8-18(25)23-12-10-22(11-13-23)16-7-6-9-24(19(16)26)17-14-15(2)20-21(17)3/h14,16H,4-13H2,1-3H3. The maximum atomic E-state index is 13.1. The van der Waals surface area contributed by atoms with Crippen molar-refractivity contribution in [2.24, 2.45) is 7.05 Å². The fourth-order valence-electron chi connectivity index (χ4n) is 4.04. The van der Waals surface area contributed by atoms with Gasteiger partial charge >= 0.3 is 0 Å². The number of hydrogen-bond acceptors (Lipinski definition) is 4. The van der Waals surface area contributed by atoms with E-state index in [2.05, 4.69) is 16.9 Å². The van der Waals surface area contributed by atoms with Gasteiger partial charge in [-0.3, -0.25) is 24.1 Å². The highest BCUT2D eigenvalue weighted by molar-refractivity contribution is 5.97. The van der Waals surface area contributed by atoms with Gasteiger partial charge in [-0.05, 0) is 26.2 Å². The van der Waals surface area contributed by atoms with Gasteiger partial charge in [-0.15, -0.1) is 0 Å². The van der Waals surface area contributed by atoms with Crippen LogP contribution in [0.3, 0.4) is 0 Å². The maximum Gasteiger partial charge on any atom is 0.245 e. The number of nitrogens with zero attached hydrogens (tertiary/aromatic N) is 5. The molecule has 0 aliphatic carbocycles. The summed E-state index contributed by atoms with van der Waals surface area (Å²) in [6.07, 6.45) is 4.55. The van der Waals surface area contributed by atoms with E-state index in [9.17, 15) is 9.59 Å². The highest BCUT2D eigenvalue weighted by Crippen LogP contribution is 2.25. The summed E-state index contributed by atoms with van der Waals surface area (Å²) in [4.78, 5) is 31.4. The molecule has 2 aliphatic rings. The van der Waals surface area contributed by atoms with Gasteiger partial charge in [-0.2, -0.15) is 5.10 Å². The van der Waals surface area contributed by atoms with Crippen LogP contribution in [-0.2, 0) is 16.6 Å². The lowest BCUT2D eigenvalue weighted by molar-refractivity contribution is -0.134. The monoisotopic (exact) mass is 361 g/mol. The number of hydrogen-bond donors (Lipinski definition) is 0. The van der Waals surface area contributed by atoms with Gasteiger partial charge in [0.15, 0.2) is 0 Å². The minimum Gasteiger partial charge on any atom is -0.340 e. The molecular formula is C19H31N5O2. The number of aromatic nitrogens is 2. The van der Waals surface area contributed by atoms with Gasteiger partial charge in [0.2, 0.25) is 11.8 Å². The molecule has 1 aromatic heterocycles. The molecule has 3 heterocycles. The molecule has 144 valence electrons. The zero-order valence-corrected chi connectivity index (χ0v) is 16.3. The molecule has 0 saturated carbocycles. The molecule has 2 aliphatic heterocycles. The maximum absolute atomic E-state index is 13.1. The lowest BCUT2D eigenvalue weighted by Gasteiger charge is -2.42. The Morgan fingerprint density at radius 3 is 2.58 bits per heavy atom. The van der Waals surface area contributed by atoms with Crippen LogP contribution in [0.4, 0.5) is 5.82 Å². The molecule has 0 radical (unpaired) electrons. The Kier molecular flexibility index (Phi) is 5.96. The normalized spacial score (nSPS) is 22.1. The van der Waals surface area contributed by atoms with Crippen LogP contribution in [0.2, 0.25) is 0 Å². The van der Waals surface area contributed by atoms with Crippen molar-refractivity contribution >= 4 is 17.6 Å². The zero-order valence-electron chi connectivity index (χ0n) is 16.3. The number of aryl methyl sites for hydroxylation is 2. The van der Waals surface area contributed by atoms with Gasteiger partial charge in [0.25, 0.3) is 0 Å². The van der Waals surface area contributed by atoms with Crippen molar-refractivity contribution < 1.29 is 9.59 Å². The average molecular weight is 361 g/mol. The Hall–Kier alpha value is -1.89. The number of piperazine rings is 1. The molecule has 0 N–H and O–H groups in total. The molecule has 1 unspecified atom stereocenters. The predicted molar refractivity (Wildman–Crippen MR) is 101 cm³/mol. The number of amides is 2. The molecule has 1 aromatic rings. The summed E-state index contributed by atoms with van der Waals surface area (Å²) in [5, 5.41) is 4.38. The summed E-state index contributed by atoms with van der Waals surface area (Å²) >= 11 is 0. The summed E-state index contributed by atoms with van der Waals surface area (Å²) in [6.45, 7) is 7.84. The van der Waals surface area contributed by atoms with Gasteiger partial charge in [0.05, 0.1) is 11.7 Å². The SMILES string of the molecule is CCCCC(=O)N1CCN(C2CCCN(c3cc(C)nn3C)C2=O)CC1. The zero-order chi connectivity index (χ0) is 18.7. The smallest absolute Gasteiger partial charge is 0.245 e. The van der Waals surface area contributed by atoms with Crippen LogP contribution >= 0.6 is 0 Å². The van der Waals surface area contributed by atoms with E-state index in [4.69, 9.17) is 0 Å². The first kappa shape index (κ1) is 18.9. The van der Waals surface area contributed by atoms with Crippen molar-refractivity contribution in [3.05, 3.63) is 11.8 Å². The van der Waals surface area contributed by atoms with E-state index in [1.807, 2.05) is 29.8 Å². The third-order valence-electron chi connectivity index (χ3n) is 5.52. The Balaban J connectivity index is 1.61. The summed E-state index contributed by atoms with van der Waals surface area (Å²) in [5.41, 5.74) is 0.927. The highest BCUT2D eigenvalue weighted by Gasteiger charge is 2.36. The first-order chi connectivity index (χ1) is 12.5. The number of piperidine rings is 1. The van der Waals surface area contributed by atoms with Crippen LogP contribution in [0, 0.1) is 6.92 Å². The van der Waals surface area contributed by atoms with E-state index in [1.165, 1.54) is 0 Å². The van der Waals surface area contributed by atoms with Crippen molar-refractivity contribution in [1.82, 2.24) is 19.6 Å². The molecule has 0 aromatic carbocycles. The number of carbonyl (C=O) groups is 2. The van der Waals surface area contributed by atoms with Gasteiger partial charge in [0.1, 0.15) is 5.82 Å². The second-order valence-electron chi connectivity index (χ2n) is 7.44. The van der Waals surface area contributed by atoms with Crippen LogP contribution in [0.25, 0.3) is 0 Å². The minimum atomic E-state index is -0.0770. The lowest BCUT2D eigenvalue weighted by Crippen LogP contribution is -2.58. The van der Waals surface area contributed by atoms with E-state index in [0.717, 1.165) is 69.9 Å². The predicted octanol–water partition coefficient (Wildman–Crippen LogP) is 1.56. The van der Waals surface area contributed by atoms with Gasteiger partial charge in [-0.25, -0.2) is 0 Å². The molecule has 26 heavy (non-hydrogen) atoms. The second kappa shape index (κ2) is 8.20. The molecule has 7 heteroatoms. The van der Waals surface area contributed by atoms with Crippen LogP contribution < -0.4 is 4.90 Å². The first-order valence-electron chi connectivity index (χ1n) is 9.85. The number of anilines is 1. The lowest BCUT2D eigenvalue weighted by atomic mass is 10.0. The summed E-state index contributed by atoms with van der Waals surface area (Å²) in [6, 6.07) is 1.90. The molecule has 2 saturated heterocycles. The van der Waals surface area contributed by atoms with Crippen molar-refractivity contribution in [1.29, 1.82) is 0 Å². The second-order valence-corrected chi connectivity index (χ2v) is 7.44. The van der Waals surface area contributed by atoms with E-state index >= 15 is 0 Å². The van der Waals surface area contributed by atoms with Crippen molar-refractivity contribution in [3.63, 3.8) is 0 Å². The molecule has 3 rings (SSSR count). The average Bonchev–Trinajstić information content (AvgIpc) is 2.98.